The first-order chi connectivity index (χ1) is 13.4. The van der Waals surface area contributed by atoms with Crippen LogP contribution in [-0.2, 0) is 16.1 Å². The Hall–Kier alpha value is -3.41. The predicted molar refractivity (Wildman–Crippen MR) is 107 cm³/mol. The number of rotatable bonds is 6. The average Bonchev–Trinajstić information content (AvgIpc) is 3.04. The fourth-order valence-electron chi connectivity index (χ4n) is 2.62. The minimum Gasteiger partial charge on any atom is -0.452 e. The fourth-order valence-corrected chi connectivity index (χ4v) is 2.62. The standard InChI is InChI=1S/C22H23N3O3/c1-14-4-6-17(7-5-14)12-23-20(26)13-28-22(27)19-10-8-18(9-11-19)21-24-15(2)16(3)25-21/h4-11H,12-13H2,1-3H3,(H,23,26)(H,24,25). The largest absolute Gasteiger partial charge is 0.452 e. The molecular weight excluding hydrogens is 354 g/mol. The minimum atomic E-state index is -0.538. The van der Waals surface area contributed by atoms with E-state index in [1.165, 1.54) is 0 Å². The van der Waals surface area contributed by atoms with E-state index in [0.29, 0.717) is 12.1 Å². The van der Waals surface area contributed by atoms with E-state index in [4.69, 9.17) is 4.74 Å². The highest BCUT2D eigenvalue weighted by Crippen LogP contribution is 2.18. The number of benzene rings is 2. The smallest absolute Gasteiger partial charge is 0.338 e. The topological polar surface area (TPSA) is 84.1 Å². The van der Waals surface area contributed by atoms with Crippen molar-refractivity contribution in [3.8, 4) is 11.4 Å². The maximum atomic E-state index is 12.1. The highest BCUT2D eigenvalue weighted by Gasteiger charge is 2.11. The lowest BCUT2D eigenvalue weighted by atomic mass is 10.1. The second kappa shape index (κ2) is 8.52. The van der Waals surface area contributed by atoms with E-state index in [2.05, 4.69) is 15.3 Å². The molecule has 0 radical (unpaired) electrons. The zero-order chi connectivity index (χ0) is 20.1. The van der Waals surface area contributed by atoms with Crippen LogP contribution in [0, 0.1) is 20.8 Å². The Balaban J connectivity index is 1.50. The summed E-state index contributed by atoms with van der Waals surface area (Å²) in [5.41, 5.74) is 5.36. The van der Waals surface area contributed by atoms with Gasteiger partial charge >= 0.3 is 5.97 Å². The lowest BCUT2D eigenvalue weighted by Crippen LogP contribution is -2.28. The molecule has 0 spiro atoms. The monoisotopic (exact) mass is 377 g/mol. The molecule has 0 aliphatic carbocycles. The van der Waals surface area contributed by atoms with Gasteiger partial charge in [0.25, 0.3) is 5.91 Å². The third-order valence-corrected chi connectivity index (χ3v) is 4.47. The van der Waals surface area contributed by atoms with Crippen molar-refractivity contribution >= 4 is 11.9 Å². The van der Waals surface area contributed by atoms with Gasteiger partial charge in [0.2, 0.25) is 0 Å². The van der Waals surface area contributed by atoms with Crippen molar-refractivity contribution in [2.24, 2.45) is 0 Å². The molecule has 3 rings (SSSR count). The van der Waals surface area contributed by atoms with Gasteiger partial charge in [0.05, 0.1) is 11.3 Å². The van der Waals surface area contributed by atoms with Crippen molar-refractivity contribution in [2.75, 3.05) is 6.61 Å². The maximum Gasteiger partial charge on any atom is 0.338 e. The van der Waals surface area contributed by atoms with Crippen molar-refractivity contribution < 1.29 is 14.3 Å². The molecule has 6 heteroatoms. The highest BCUT2D eigenvalue weighted by atomic mass is 16.5. The molecule has 0 bridgehead atoms. The molecule has 0 saturated carbocycles. The van der Waals surface area contributed by atoms with E-state index in [-0.39, 0.29) is 12.5 Å². The molecule has 144 valence electrons. The van der Waals surface area contributed by atoms with Crippen molar-refractivity contribution in [1.29, 1.82) is 0 Å². The van der Waals surface area contributed by atoms with Gasteiger partial charge in [-0.2, -0.15) is 0 Å². The van der Waals surface area contributed by atoms with E-state index in [1.54, 1.807) is 24.3 Å². The SMILES string of the molecule is Cc1ccc(CNC(=O)COC(=O)c2ccc(-c3nc(C)c(C)[nH]3)cc2)cc1. The zero-order valence-corrected chi connectivity index (χ0v) is 16.2. The van der Waals surface area contributed by atoms with Crippen LogP contribution in [0.4, 0.5) is 0 Å². The second-order valence-electron chi connectivity index (χ2n) is 6.71. The quantitative estimate of drug-likeness (QED) is 0.644. The number of hydrogen-bond donors (Lipinski definition) is 2. The summed E-state index contributed by atoms with van der Waals surface area (Å²) in [6, 6.07) is 14.8. The zero-order valence-electron chi connectivity index (χ0n) is 16.2. The number of hydrogen-bond acceptors (Lipinski definition) is 4. The molecule has 6 nitrogen and oxygen atoms in total. The number of nitrogens with one attached hydrogen (secondary N) is 2. The Morgan fingerprint density at radius 1 is 1.00 bits per heavy atom. The molecule has 1 amide bonds. The van der Waals surface area contributed by atoms with Crippen LogP contribution in [-0.4, -0.2) is 28.5 Å². The number of ether oxygens (including phenoxy) is 1. The molecule has 3 aromatic rings. The van der Waals surface area contributed by atoms with Crippen molar-refractivity contribution in [3.05, 3.63) is 76.6 Å². The maximum absolute atomic E-state index is 12.1. The van der Waals surface area contributed by atoms with Crippen molar-refractivity contribution in [2.45, 2.75) is 27.3 Å². The fraction of sp³-hybridized carbons (Fsp3) is 0.227. The molecule has 0 aliphatic heterocycles. The van der Waals surface area contributed by atoms with E-state index in [9.17, 15) is 9.59 Å². The minimum absolute atomic E-state index is 0.316. The number of carbonyl (C=O) groups is 2. The Kier molecular flexibility index (Phi) is 5.89. The van der Waals surface area contributed by atoms with Gasteiger partial charge in [-0.25, -0.2) is 9.78 Å². The van der Waals surface area contributed by atoms with Crippen LogP contribution in [0.3, 0.4) is 0 Å². The molecular formula is C22H23N3O3. The Labute approximate surface area is 164 Å². The number of nitrogens with zero attached hydrogens (tertiary/aromatic N) is 1. The van der Waals surface area contributed by atoms with E-state index >= 15 is 0 Å². The molecule has 2 aromatic carbocycles. The molecule has 2 N–H and O–H groups in total. The van der Waals surface area contributed by atoms with Gasteiger partial charge < -0.3 is 15.0 Å². The molecule has 0 saturated heterocycles. The van der Waals surface area contributed by atoms with Gasteiger partial charge in [0, 0.05) is 17.8 Å². The van der Waals surface area contributed by atoms with Crippen molar-refractivity contribution in [3.63, 3.8) is 0 Å². The number of carbonyl (C=O) groups excluding carboxylic acids is 2. The van der Waals surface area contributed by atoms with Gasteiger partial charge in [-0.1, -0.05) is 42.0 Å². The number of H-pyrrole nitrogens is 1. The summed E-state index contributed by atoms with van der Waals surface area (Å²) < 4.78 is 5.09. The normalized spacial score (nSPS) is 10.5. The van der Waals surface area contributed by atoms with Gasteiger partial charge in [0.15, 0.2) is 6.61 Å². The molecule has 1 aromatic heterocycles. The van der Waals surface area contributed by atoms with Crippen LogP contribution in [0.25, 0.3) is 11.4 Å². The van der Waals surface area contributed by atoms with Crippen LogP contribution in [0.15, 0.2) is 48.5 Å². The van der Waals surface area contributed by atoms with Gasteiger partial charge in [-0.05, 0) is 38.5 Å². The van der Waals surface area contributed by atoms with E-state index in [1.807, 2.05) is 45.0 Å². The molecule has 0 aliphatic rings. The van der Waals surface area contributed by atoms with Crippen molar-refractivity contribution in [1.82, 2.24) is 15.3 Å². The second-order valence-corrected chi connectivity index (χ2v) is 6.71. The molecule has 0 unspecified atom stereocenters. The summed E-state index contributed by atoms with van der Waals surface area (Å²) in [7, 11) is 0. The third-order valence-electron chi connectivity index (χ3n) is 4.47. The van der Waals surface area contributed by atoms with E-state index < -0.39 is 5.97 Å². The van der Waals surface area contributed by atoms with Gasteiger partial charge in [-0.3, -0.25) is 4.79 Å². The summed E-state index contributed by atoms with van der Waals surface area (Å²) in [5, 5.41) is 2.73. The van der Waals surface area contributed by atoms with Crippen LogP contribution in [0.5, 0.6) is 0 Å². The lowest BCUT2D eigenvalue weighted by molar-refractivity contribution is -0.124. The van der Waals surface area contributed by atoms with Gasteiger partial charge in [-0.15, -0.1) is 0 Å². The molecule has 0 fully saturated rings. The summed E-state index contributed by atoms with van der Waals surface area (Å²) in [6.07, 6.45) is 0. The molecule has 28 heavy (non-hydrogen) atoms. The Morgan fingerprint density at radius 3 is 2.29 bits per heavy atom. The van der Waals surface area contributed by atoms with Crippen LogP contribution in [0.1, 0.15) is 32.9 Å². The van der Waals surface area contributed by atoms with Crippen LogP contribution >= 0.6 is 0 Å². The molecule has 1 heterocycles. The third kappa shape index (κ3) is 4.85. The number of amides is 1. The van der Waals surface area contributed by atoms with Crippen LogP contribution in [0.2, 0.25) is 0 Å². The first-order valence-corrected chi connectivity index (χ1v) is 9.05. The summed E-state index contributed by atoms with van der Waals surface area (Å²) >= 11 is 0. The lowest BCUT2D eigenvalue weighted by Gasteiger charge is -2.07. The molecule has 0 atom stereocenters. The number of esters is 1. The predicted octanol–water partition coefficient (Wildman–Crippen LogP) is 3.48. The van der Waals surface area contributed by atoms with Crippen LogP contribution < -0.4 is 5.32 Å². The Bertz CT molecular complexity index is 954. The number of aromatic amines is 1. The summed E-state index contributed by atoms with van der Waals surface area (Å²) in [6.45, 7) is 5.98. The van der Waals surface area contributed by atoms with Gasteiger partial charge in [0.1, 0.15) is 5.82 Å². The first-order valence-electron chi connectivity index (χ1n) is 9.05. The average molecular weight is 377 g/mol. The number of imidazole rings is 1. The highest BCUT2D eigenvalue weighted by molar-refractivity contribution is 5.91. The number of aromatic nitrogens is 2. The number of aryl methyl sites for hydroxylation is 3. The first kappa shape index (κ1) is 19.4. The summed E-state index contributed by atoms with van der Waals surface area (Å²) in [5.74, 6) is -0.124. The Morgan fingerprint density at radius 2 is 1.68 bits per heavy atom. The summed E-state index contributed by atoms with van der Waals surface area (Å²) in [4.78, 5) is 31.7. The van der Waals surface area contributed by atoms with E-state index in [0.717, 1.165) is 33.9 Å².